The average molecular weight is 559 g/mol. The third-order valence-electron chi connectivity index (χ3n) is 9.03. The van der Waals surface area contributed by atoms with Crippen LogP contribution in [0.5, 0.6) is 5.75 Å². The summed E-state index contributed by atoms with van der Waals surface area (Å²) in [6.45, 7) is 13.7. The molecule has 0 spiro atoms. The van der Waals surface area contributed by atoms with Gasteiger partial charge in [-0.2, -0.15) is 0 Å². The van der Waals surface area contributed by atoms with E-state index in [-0.39, 0.29) is 29.1 Å². The Morgan fingerprint density at radius 3 is 1.74 bits per heavy atom. The summed E-state index contributed by atoms with van der Waals surface area (Å²) < 4.78 is 17.5. The van der Waals surface area contributed by atoms with Crippen LogP contribution in [0.25, 0.3) is 0 Å². The van der Waals surface area contributed by atoms with Crippen molar-refractivity contribution in [3.05, 3.63) is 23.3 Å². The Balaban J connectivity index is 1.38. The third kappa shape index (κ3) is 6.66. The lowest BCUT2D eigenvalue weighted by Crippen LogP contribution is -2.52. The van der Waals surface area contributed by atoms with Crippen LogP contribution in [0.3, 0.4) is 0 Å². The van der Waals surface area contributed by atoms with Crippen molar-refractivity contribution in [3.63, 3.8) is 0 Å². The van der Waals surface area contributed by atoms with Crippen LogP contribution < -0.4 is 4.74 Å². The normalized spacial score (nSPS) is 27.1. The molecule has 0 radical (unpaired) electrons. The minimum Gasteiger partial charge on any atom is -0.458 e. The minimum atomic E-state index is -0.681. The number of benzene rings is 1. The highest BCUT2D eigenvalue weighted by atomic mass is 32.1. The van der Waals surface area contributed by atoms with E-state index in [2.05, 4.69) is 12.6 Å². The maximum Gasteiger partial charge on any atom is 0.322 e. The molecule has 0 saturated heterocycles. The van der Waals surface area contributed by atoms with Crippen molar-refractivity contribution in [2.75, 3.05) is 0 Å². The summed E-state index contributed by atoms with van der Waals surface area (Å²) in [5.74, 6) is 1.06. The van der Waals surface area contributed by atoms with Gasteiger partial charge in [0.15, 0.2) is 0 Å². The maximum absolute atomic E-state index is 13.5. The van der Waals surface area contributed by atoms with Gasteiger partial charge in [-0.3, -0.25) is 14.4 Å². The van der Waals surface area contributed by atoms with E-state index in [1.54, 1.807) is 6.92 Å². The maximum atomic E-state index is 13.5. The van der Waals surface area contributed by atoms with Crippen molar-refractivity contribution in [2.45, 2.75) is 122 Å². The van der Waals surface area contributed by atoms with Crippen molar-refractivity contribution < 1.29 is 28.6 Å². The predicted molar refractivity (Wildman–Crippen MR) is 153 cm³/mol. The fourth-order valence-electron chi connectivity index (χ4n) is 7.59. The molecule has 0 amide bonds. The molecule has 4 aliphatic rings. The number of carbonyl (C=O) groups is 3. The number of ether oxygens (including phenoxy) is 3. The van der Waals surface area contributed by atoms with E-state index in [0.717, 1.165) is 35.3 Å². The quantitative estimate of drug-likeness (QED) is 0.141. The van der Waals surface area contributed by atoms with Crippen LogP contribution in [0.2, 0.25) is 0 Å². The molecule has 0 heterocycles. The molecular formula is C32H46O6S. The molecular weight excluding hydrogens is 512 g/mol. The summed E-state index contributed by atoms with van der Waals surface area (Å²) in [4.78, 5) is 40.0. The highest BCUT2D eigenvalue weighted by Gasteiger charge is 2.56. The topological polar surface area (TPSA) is 78.9 Å². The van der Waals surface area contributed by atoms with Crippen molar-refractivity contribution >= 4 is 30.5 Å². The zero-order valence-electron chi connectivity index (χ0n) is 24.6. The fraction of sp³-hybridized carbons (Fsp3) is 0.719. The van der Waals surface area contributed by atoms with Gasteiger partial charge in [-0.1, -0.05) is 41.5 Å². The van der Waals surface area contributed by atoms with E-state index >= 15 is 0 Å². The van der Waals surface area contributed by atoms with Gasteiger partial charge < -0.3 is 14.2 Å². The summed E-state index contributed by atoms with van der Waals surface area (Å²) in [6, 6.07) is 3.80. The molecule has 7 heteroatoms. The number of hydrogen-bond acceptors (Lipinski definition) is 7. The average Bonchev–Trinajstić information content (AvgIpc) is 2.81. The van der Waals surface area contributed by atoms with Crippen LogP contribution >= 0.6 is 12.6 Å². The number of esters is 3. The van der Waals surface area contributed by atoms with Crippen LogP contribution in [0, 0.1) is 29.1 Å². The van der Waals surface area contributed by atoms with E-state index in [9.17, 15) is 14.4 Å². The van der Waals surface area contributed by atoms with Crippen molar-refractivity contribution in [1.29, 1.82) is 0 Å². The molecule has 4 aliphatic carbocycles. The zero-order chi connectivity index (χ0) is 28.6. The summed E-state index contributed by atoms with van der Waals surface area (Å²) in [5.41, 5.74) is 1.37. The van der Waals surface area contributed by atoms with Gasteiger partial charge in [0.2, 0.25) is 0 Å². The van der Waals surface area contributed by atoms with Crippen LogP contribution in [0.1, 0.15) is 116 Å². The Bertz CT molecular complexity index is 1030. The molecule has 216 valence electrons. The molecule has 1 aromatic carbocycles. The summed E-state index contributed by atoms with van der Waals surface area (Å²) in [5, 5.41) is 0. The monoisotopic (exact) mass is 558 g/mol. The lowest BCUT2D eigenvalue weighted by Gasteiger charge is -2.55. The molecule has 2 atom stereocenters. The number of thiol groups is 1. The molecule has 4 fully saturated rings. The highest BCUT2D eigenvalue weighted by molar-refractivity contribution is 7.80. The first-order valence-electron chi connectivity index (χ1n) is 14.8. The molecule has 4 bridgehead atoms. The first-order valence-corrected chi connectivity index (χ1v) is 15.2. The second-order valence-electron chi connectivity index (χ2n) is 13.4. The number of carbonyl (C=O) groups excluding carboxylic acids is 3. The van der Waals surface area contributed by atoms with Gasteiger partial charge in [0, 0.05) is 4.90 Å². The first kappa shape index (κ1) is 30.0. The molecule has 5 rings (SSSR count). The largest absolute Gasteiger partial charge is 0.458 e. The van der Waals surface area contributed by atoms with E-state index in [4.69, 9.17) is 14.2 Å². The summed E-state index contributed by atoms with van der Waals surface area (Å²) >= 11 is 4.51. The van der Waals surface area contributed by atoms with Crippen molar-refractivity contribution in [2.24, 2.45) is 29.1 Å². The van der Waals surface area contributed by atoms with Gasteiger partial charge in [-0.05, 0) is 104 Å². The molecule has 0 N–H and O–H groups in total. The van der Waals surface area contributed by atoms with Gasteiger partial charge in [0.1, 0.15) is 24.4 Å². The number of hydrogen-bond donors (Lipinski definition) is 1. The Morgan fingerprint density at radius 1 is 0.821 bits per heavy atom. The van der Waals surface area contributed by atoms with Crippen molar-refractivity contribution in [3.8, 4) is 5.75 Å². The van der Waals surface area contributed by atoms with Crippen LogP contribution in [0.4, 0.5) is 0 Å². The first-order chi connectivity index (χ1) is 18.3. The zero-order valence-corrected chi connectivity index (χ0v) is 25.5. The third-order valence-corrected chi connectivity index (χ3v) is 9.29. The van der Waals surface area contributed by atoms with Gasteiger partial charge in [0.25, 0.3) is 0 Å². The van der Waals surface area contributed by atoms with Crippen molar-refractivity contribution in [1.82, 2.24) is 0 Å². The summed E-state index contributed by atoms with van der Waals surface area (Å²) in [6.07, 6.45) is 4.75. The van der Waals surface area contributed by atoms with Gasteiger partial charge in [-0.15, -0.1) is 12.6 Å². The van der Waals surface area contributed by atoms with Gasteiger partial charge >= 0.3 is 17.9 Å². The Hall–Kier alpha value is -2.02. The fourth-order valence-corrected chi connectivity index (χ4v) is 7.87. The lowest BCUT2D eigenvalue weighted by atomic mass is 9.49. The Labute approximate surface area is 239 Å². The SMILES string of the molecule is CC(C)c1cc(S)cc(C(C)C)c1OC(=O)CC(=O)OC(C(C)C)C(C)OC(=O)C12CC3CC(CC(C3)C1)C2. The molecule has 0 aliphatic heterocycles. The standard InChI is InChI=1S/C32H46O6S/c1-17(2)25-11-24(39)12-26(18(3)4)30(25)38-28(34)13-27(33)37-29(19(5)6)20(7)36-31(35)32-14-21-8-22(15-32)10-23(9-21)16-32/h11-12,17-23,29,39H,8-10,13-16H2,1-7H3. The van der Waals surface area contributed by atoms with Gasteiger partial charge in [0.05, 0.1) is 5.41 Å². The van der Waals surface area contributed by atoms with Crippen LogP contribution in [0.15, 0.2) is 17.0 Å². The Morgan fingerprint density at radius 2 is 1.31 bits per heavy atom. The smallest absolute Gasteiger partial charge is 0.322 e. The molecule has 1 aromatic rings. The molecule has 39 heavy (non-hydrogen) atoms. The van der Waals surface area contributed by atoms with E-state index in [0.29, 0.717) is 23.5 Å². The van der Waals surface area contributed by atoms with Crippen LogP contribution in [-0.2, 0) is 23.9 Å². The predicted octanol–water partition coefficient (Wildman–Crippen LogP) is 7.23. The lowest BCUT2D eigenvalue weighted by molar-refractivity contribution is -0.188. The Kier molecular flexibility index (Phi) is 9.09. The molecule has 2 unspecified atom stereocenters. The second kappa shape index (κ2) is 11.8. The highest BCUT2D eigenvalue weighted by Crippen LogP contribution is 2.60. The van der Waals surface area contributed by atoms with Gasteiger partial charge in [-0.25, -0.2) is 0 Å². The van der Waals surface area contributed by atoms with Crippen LogP contribution in [-0.4, -0.2) is 30.1 Å². The molecule has 6 nitrogen and oxygen atoms in total. The second-order valence-corrected chi connectivity index (χ2v) is 13.9. The summed E-state index contributed by atoms with van der Waals surface area (Å²) in [7, 11) is 0. The van der Waals surface area contributed by atoms with E-state index < -0.39 is 30.6 Å². The molecule has 4 saturated carbocycles. The van der Waals surface area contributed by atoms with E-state index in [1.807, 2.05) is 53.7 Å². The number of rotatable bonds is 10. The van der Waals surface area contributed by atoms with E-state index in [1.165, 1.54) is 19.3 Å². The minimum absolute atomic E-state index is 0.0906. The molecule has 0 aromatic heterocycles.